The molecule has 0 saturated heterocycles. The summed E-state index contributed by atoms with van der Waals surface area (Å²) in [7, 11) is 0. The summed E-state index contributed by atoms with van der Waals surface area (Å²) in [6.45, 7) is 0. The number of aromatic nitrogens is 3. The molecule has 2 aromatic heterocycles. The van der Waals surface area contributed by atoms with Gasteiger partial charge in [0.25, 0.3) is 0 Å². The van der Waals surface area contributed by atoms with E-state index in [1.807, 2.05) is 60.7 Å². The number of rotatable bonds is 3. The Labute approximate surface area is 138 Å². The summed E-state index contributed by atoms with van der Waals surface area (Å²) in [6.07, 6.45) is 1.67. The molecule has 4 nitrogen and oxygen atoms in total. The van der Waals surface area contributed by atoms with E-state index in [1.165, 1.54) is 0 Å². The third-order valence-corrected chi connectivity index (χ3v) is 3.76. The monoisotopic (exact) mass is 311 g/mol. The van der Waals surface area contributed by atoms with Crippen LogP contribution in [0.3, 0.4) is 0 Å². The third kappa shape index (κ3) is 2.54. The number of fused-ring (bicyclic) bond motifs is 1. The van der Waals surface area contributed by atoms with Gasteiger partial charge >= 0.3 is 0 Å². The van der Waals surface area contributed by atoms with Crippen molar-refractivity contribution < 1.29 is 4.79 Å². The summed E-state index contributed by atoms with van der Waals surface area (Å²) in [5, 5.41) is 0.827. The number of carbonyl (C=O) groups excluding carboxylic acids is 1. The van der Waals surface area contributed by atoms with Crippen LogP contribution in [0, 0.1) is 0 Å². The number of hydrogen-bond acceptors (Lipinski definition) is 4. The molecule has 4 heteroatoms. The van der Waals surface area contributed by atoms with E-state index in [4.69, 9.17) is 0 Å². The largest absolute Gasteiger partial charge is 0.285 e. The van der Waals surface area contributed by atoms with Crippen LogP contribution in [0.1, 0.15) is 16.2 Å². The van der Waals surface area contributed by atoms with Crippen molar-refractivity contribution in [2.24, 2.45) is 0 Å². The minimum absolute atomic E-state index is 0.159. The minimum atomic E-state index is -0.208. The second-order valence-electron chi connectivity index (χ2n) is 5.33. The Bertz CT molecular complexity index is 1010. The fourth-order valence-corrected chi connectivity index (χ4v) is 2.60. The molecule has 0 amide bonds. The average Bonchev–Trinajstić information content (AvgIpc) is 2.68. The van der Waals surface area contributed by atoms with Crippen LogP contribution in [-0.4, -0.2) is 20.7 Å². The number of nitrogens with zero attached hydrogens (tertiary/aromatic N) is 3. The van der Waals surface area contributed by atoms with Gasteiger partial charge in [-0.15, -0.1) is 0 Å². The molecular formula is C20H13N3O. The maximum Gasteiger partial charge on any atom is 0.230 e. The summed E-state index contributed by atoms with van der Waals surface area (Å²) >= 11 is 0. The van der Waals surface area contributed by atoms with Gasteiger partial charge in [0.2, 0.25) is 11.6 Å². The van der Waals surface area contributed by atoms with Crippen LogP contribution in [0.25, 0.3) is 22.3 Å². The molecule has 0 spiro atoms. The molecule has 0 aliphatic heterocycles. The zero-order valence-corrected chi connectivity index (χ0v) is 12.8. The lowest BCUT2D eigenvalue weighted by Gasteiger charge is -2.08. The van der Waals surface area contributed by atoms with Crippen LogP contribution in [-0.2, 0) is 0 Å². The summed E-state index contributed by atoms with van der Waals surface area (Å²) < 4.78 is 0. The molecule has 0 unspecified atom stereocenters. The third-order valence-electron chi connectivity index (χ3n) is 3.76. The summed E-state index contributed by atoms with van der Waals surface area (Å²) in [4.78, 5) is 25.9. The van der Waals surface area contributed by atoms with Crippen molar-refractivity contribution in [1.82, 2.24) is 15.0 Å². The van der Waals surface area contributed by atoms with Crippen LogP contribution in [0.15, 0.2) is 79.0 Å². The van der Waals surface area contributed by atoms with Crippen LogP contribution >= 0.6 is 0 Å². The average molecular weight is 311 g/mol. The van der Waals surface area contributed by atoms with E-state index in [1.54, 1.807) is 18.3 Å². The number of carbonyl (C=O) groups is 1. The summed E-state index contributed by atoms with van der Waals surface area (Å²) in [5.74, 6) is -0.0495. The molecule has 114 valence electrons. The molecule has 0 fully saturated rings. The van der Waals surface area contributed by atoms with E-state index in [2.05, 4.69) is 15.0 Å². The number of pyridine rings is 1. The SMILES string of the molecule is O=C(c1ccccc1)c1nc(-c2ccccc2)c2cccnc2n1. The first-order chi connectivity index (χ1) is 11.8. The Kier molecular flexibility index (Phi) is 3.56. The molecule has 0 N–H and O–H groups in total. The van der Waals surface area contributed by atoms with Gasteiger partial charge in [-0.3, -0.25) is 4.79 Å². The molecular weight excluding hydrogens is 298 g/mol. The van der Waals surface area contributed by atoms with Gasteiger partial charge in [-0.05, 0) is 12.1 Å². The molecule has 2 aromatic carbocycles. The first-order valence-corrected chi connectivity index (χ1v) is 7.61. The van der Waals surface area contributed by atoms with E-state index in [-0.39, 0.29) is 11.6 Å². The van der Waals surface area contributed by atoms with Gasteiger partial charge in [0.15, 0.2) is 5.65 Å². The Morgan fingerprint density at radius 3 is 2.21 bits per heavy atom. The molecule has 0 aliphatic rings. The molecule has 24 heavy (non-hydrogen) atoms. The van der Waals surface area contributed by atoms with Crippen molar-refractivity contribution in [2.45, 2.75) is 0 Å². The Morgan fingerprint density at radius 1 is 0.750 bits per heavy atom. The van der Waals surface area contributed by atoms with Gasteiger partial charge in [-0.25, -0.2) is 15.0 Å². The van der Waals surface area contributed by atoms with Crippen LogP contribution in [0.2, 0.25) is 0 Å². The maximum absolute atomic E-state index is 12.7. The Hall–Kier alpha value is -3.40. The van der Waals surface area contributed by atoms with E-state index in [9.17, 15) is 4.79 Å². The topological polar surface area (TPSA) is 55.7 Å². The fraction of sp³-hybridized carbons (Fsp3) is 0. The lowest BCUT2D eigenvalue weighted by atomic mass is 10.1. The van der Waals surface area contributed by atoms with E-state index < -0.39 is 0 Å². The highest BCUT2D eigenvalue weighted by Crippen LogP contribution is 2.25. The lowest BCUT2D eigenvalue weighted by Crippen LogP contribution is -2.09. The normalized spacial score (nSPS) is 10.7. The number of ketones is 1. The molecule has 2 heterocycles. The van der Waals surface area contributed by atoms with Gasteiger partial charge in [0.1, 0.15) is 0 Å². The highest BCUT2D eigenvalue weighted by Gasteiger charge is 2.16. The lowest BCUT2D eigenvalue weighted by molar-refractivity contribution is 0.103. The highest BCUT2D eigenvalue weighted by atomic mass is 16.1. The van der Waals surface area contributed by atoms with Gasteiger partial charge in [0, 0.05) is 22.7 Å². The number of benzene rings is 2. The van der Waals surface area contributed by atoms with E-state index in [0.717, 1.165) is 10.9 Å². The zero-order valence-electron chi connectivity index (χ0n) is 12.8. The van der Waals surface area contributed by atoms with Crippen LogP contribution in [0.4, 0.5) is 0 Å². The second kappa shape index (κ2) is 6.01. The first kappa shape index (κ1) is 14.2. The van der Waals surface area contributed by atoms with E-state index >= 15 is 0 Å². The van der Waals surface area contributed by atoms with Crippen molar-refractivity contribution in [3.8, 4) is 11.3 Å². The summed E-state index contributed by atoms with van der Waals surface area (Å²) in [6, 6.07) is 22.6. The molecule has 0 atom stereocenters. The second-order valence-corrected chi connectivity index (χ2v) is 5.33. The quantitative estimate of drug-likeness (QED) is 0.538. The molecule has 4 aromatic rings. The minimum Gasteiger partial charge on any atom is -0.285 e. The Morgan fingerprint density at radius 2 is 1.46 bits per heavy atom. The summed E-state index contributed by atoms with van der Waals surface area (Å²) in [5.41, 5.74) is 2.73. The zero-order chi connectivity index (χ0) is 16.4. The smallest absolute Gasteiger partial charge is 0.230 e. The maximum atomic E-state index is 12.7. The highest BCUT2D eigenvalue weighted by molar-refractivity contribution is 6.08. The predicted molar refractivity (Wildman–Crippen MR) is 92.6 cm³/mol. The van der Waals surface area contributed by atoms with Gasteiger partial charge in [0.05, 0.1) is 5.69 Å². The number of hydrogen-bond donors (Lipinski definition) is 0. The molecule has 0 aliphatic carbocycles. The van der Waals surface area contributed by atoms with E-state index in [0.29, 0.717) is 16.9 Å². The van der Waals surface area contributed by atoms with Crippen molar-refractivity contribution in [3.05, 3.63) is 90.4 Å². The van der Waals surface area contributed by atoms with Crippen LogP contribution in [0.5, 0.6) is 0 Å². The molecule has 0 radical (unpaired) electrons. The van der Waals surface area contributed by atoms with Crippen molar-refractivity contribution in [3.63, 3.8) is 0 Å². The van der Waals surface area contributed by atoms with Gasteiger partial charge in [-0.2, -0.15) is 0 Å². The molecule has 0 saturated carbocycles. The Balaban J connectivity index is 1.94. The van der Waals surface area contributed by atoms with Crippen molar-refractivity contribution >= 4 is 16.8 Å². The van der Waals surface area contributed by atoms with Crippen molar-refractivity contribution in [1.29, 1.82) is 0 Å². The fourth-order valence-electron chi connectivity index (χ4n) is 2.60. The molecule has 4 rings (SSSR count). The molecule has 0 bridgehead atoms. The van der Waals surface area contributed by atoms with Gasteiger partial charge in [-0.1, -0.05) is 60.7 Å². The van der Waals surface area contributed by atoms with Crippen LogP contribution < -0.4 is 0 Å². The van der Waals surface area contributed by atoms with Crippen molar-refractivity contribution in [2.75, 3.05) is 0 Å². The predicted octanol–water partition coefficient (Wildman–Crippen LogP) is 3.92. The standard InChI is InChI=1S/C20H13N3O/c24-18(15-10-5-2-6-11-15)20-22-17(14-8-3-1-4-9-14)16-12-7-13-21-19(16)23-20/h1-13H. The first-order valence-electron chi connectivity index (χ1n) is 7.61. The van der Waals surface area contributed by atoms with Gasteiger partial charge < -0.3 is 0 Å².